The van der Waals surface area contributed by atoms with Crippen molar-refractivity contribution in [1.82, 2.24) is 5.32 Å². The van der Waals surface area contributed by atoms with E-state index in [2.05, 4.69) is 10.5 Å². The zero-order valence-electron chi connectivity index (χ0n) is 8.25. The van der Waals surface area contributed by atoms with Gasteiger partial charge >= 0.3 is 0 Å². The third-order valence-electron chi connectivity index (χ3n) is 3.19. The minimum atomic E-state index is 0.655. The van der Waals surface area contributed by atoms with E-state index < -0.39 is 0 Å². The average molecular weight is 182 g/mol. The summed E-state index contributed by atoms with van der Waals surface area (Å²) in [5.74, 6) is 0.655. The number of hydrogen-bond acceptors (Lipinski definition) is 3. The van der Waals surface area contributed by atoms with Crippen LogP contribution in [0.25, 0.3) is 0 Å². The summed E-state index contributed by atoms with van der Waals surface area (Å²) in [6, 6.07) is 0.677. The van der Waals surface area contributed by atoms with Gasteiger partial charge in [0.2, 0.25) is 0 Å². The molecule has 13 heavy (non-hydrogen) atoms. The van der Waals surface area contributed by atoms with Crippen LogP contribution in [-0.4, -0.2) is 25.4 Å². The first-order chi connectivity index (χ1) is 6.42. The zero-order valence-corrected chi connectivity index (χ0v) is 8.25. The van der Waals surface area contributed by atoms with Crippen molar-refractivity contribution in [2.45, 2.75) is 38.1 Å². The molecule has 0 amide bonds. The smallest absolute Gasteiger partial charge is 0.106 e. The van der Waals surface area contributed by atoms with Gasteiger partial charge in [0, 0.05) is 24.9 Å². The summed E-state index contributed by atoms with van der Waals surface area (Å²) >= 11 is 0. The molecule has 2 unspecified atom stereocenters. The molecule has 1 aliphatic heterocycles. The lowest BCUT2D eigenvalue weighted by molar-refractivity contribution is 0.202. The normalized spacial score (nSPS) is 37.2. The minimum absolute atomic E-state index is 0.655. The number of rotatable bonds is 1. The summed E-state index contributed by atoms with van der Waals surface area (Å²) in [5.41, 5.74) is 1.28. The van der Waals surface area contributed by atoms with Crippen molar-refractivity contribution >= 4 is 5.71 Å². The van der Waals surface area contributed by atoms with Gasteiger partial charge in [-0.15, -0.1) is 0 Å². The average Bonchev–Trinajstić information content (AvgIpc) is 2.19. The van der Waals surface area contributed by atoms with Crippen LogP contribution in [0, 0.1) is 5.92 Å². The van der Waals surface area contributed by atoms with E-state index in [-0.39, 0.29) is 0 Å². The second kappa shape index (κ2) is 4.09. The van der Waals surface area contributed by atoms with Crippen molar-refractivity contribution in [1.29, 1.82) is 0 Å². The highest BCUT2D eigenvalue weighted by Gasteiger charge is 2.32. The molecule has 1 N–H and O–H groups in total. The van der Waals surface area contributed by atoms with Crippen LogP contribution in [-0.2, 0) is 4.84 Å². The fraction of sp³-hybridized carbons (Fsp3) is 0.900. The number of oxime groups is 1. The lowest BCUT2D eigenvalue weighted by Gasteiger charge is -2.36. The Bertz CT molecular complexity index is 201. The van der Waals surface area contributed by atoms with Gasteiger partial charge in [0.25, 0.3) is 0 Å². The van der Waals surface area contributed by atoms with Crippen LogP contribution in [0.3, 0.4) is 0 Å². The largest absolute Gasteiger partial charge is 0.399 e. The predicted octanol–water partition coefficient (Wildman–Crippen LogP) is 1.54. The molecule has 2 fully saturated rings. The maximum absolute atomic E-state index is 4.89. The standard InChI is InChI=1S/C10H18N2O/c1-13-12-10-6-7-11-9-5-3-2-4-8(9)10/h8-9,11H,2-7H2,1H3/b12-10+. The summed E-state index contributed by atoms with van der Waals surface area (Å²) < 4.78 is 0. The van der Waals surface area contributed by atoms with Crippen LogP contribution in [0.4, 0.5) is 0 Å². The lowest BCUT2D eigenvalue weighted by Crippen LogP contribution is -2.48. The molecule has 2 aliphatic rings. The Labute approximate surface area is 79.5 Å². The first-order valence-electron chi connectivity index (χ1n) is 5.25. The first kappa shape index (κ1) is 9.00. The highest BCUT2D eigenvalue weighted by molar-refractivity contribution is 5.88. The molecule has 0 radical (unpaired) electrons. The number of nitrogens with one attached hydrogen (secondary N) is 1. The van der Waals surface area contributed by atoms with E-state index in [1.165, 1.54) is 31.4 Å². The maximum Gasteiger partial charge on any atom is 0.106 e. The second-order valence-electron chi connectivity index (χ2n) is 3.97. The summed E-state index contributed by atoms with van der Waals surface area (Å²) in [4.78, 5) is 4.89. The molecule has 2 atom stereocenters. The van der Waals surface area contributed by atoms with Gasteiger partial charge in [-0.1, -0.05) is 18.0 Å². The van der Waals surface area contributed by atoms with Crippen molar-refractivity contribution in [3.05, 3.63) is 0 Å². The van der Waals surface area contributed by atoms with E-state index >= 15 is 0 Å². The zero-order chi connectivity index (χ0) is 9.10. The van der Waals surface area contributed by atoms with Gasteiger partial charge in [-0.25, -0.2) is 0 Å². The van der Waals surface area contributed by atoms with Gasteiger partial charge < -0.3 is 10.2 Å². The molecule has 1 aliphatic carbocycles. The quantitative estimate of drug-likeness (QED) is 0.624. The molecule has 0 aromatic rings. The van der Waals surface area contributed by atoms with Crippen molar-refractivity contribution < 1.29 is 4.84 Å². The van der Waals surface area contributed by atoms with Crippen LogP contribution in [0.2, 0.25) is 0 Å². The summed E-state index contributed by atoms with van der Waals surface area (Å²) in [5, 5.41) is 7.72. The molecular formula is C10H18N2O. The molecule has 1 saturated carbocycles. The number of hydrogen-bond donors (Lipinski definition) is 1. The van der Waals surface area contributed by atoms with Crippen molar-refractivity contribution in [3.63, 3.8) is 0 Å². The molecule has 0 aromatic heterocycles. The van der Waals surface area contributed by atoms with E-state index in [9.17, 15) is 0 Å². The highest BCUT2D eigenvalue weighted by atomic mass is 16.6. The third kappa shape index (κ3) is 1.85. The van der Waals surface area contributed by atoms with Crippen LogP contribution in [0.5, 0.6) is 0 Å². The Hall–Kier alpha value is -0.570. The summed E-state index contributed by atoms with van der Waals surface area (Å²) in [7, 11) is 1.65. The Morgan fingerprint density at radius 2 is 2.23 bits per heavy atom. The summed E-state index contributed by atoms with van der Waals surface area (Å²) in [6.07, 6.45) is 6.39. The van der Waals surface area contributed by atoms with Crippen molar-refractivity contribution in [2.75, 3.05) is 13.7 Å². The molecular weight excluding hydrogens is 164 g/mol. The Morgan fingerprint density at radius 1 is 1.38 bits per heavy atom. The molecule has 1 saturated heterocycles. The fourth-order valence-corrected chi connectivity index (χ4v) is 2.58. The fourth-order valence-electron chi connectivity index (χ4n) is 2.58. The van der Waals surface area contributed by atoms with Gasteiger partial charge in [-0.2, -0.15) is 0 Å². The van der Waals surface area contributed by atoms with Gasteiger partial charge in [0.1, 0.15) is 7.11 Å². The number of fused-ring (bicyclic) bond motifs is 1. The van der Waals surface area contributed by atoms with Crippen molar-refractivity contribution in [2.24, 2.45) is 11.1 Å². The predicted molar refractivity (Wildman–Crippen MR) is 52.8 cm³/mol. The van der Waals surface area contributed by atoms with E-state index in [0.717, 1.165) is 13.0 Å². The van der Waals surface area contributed by atoms with Crippen LogP contribution in [0.15, 0.2) is 5.16 Å². The Balaban J connectivity index is 2.06. The third-order valence-corrected chi connectivity index (χ3v) is 3.19. The first-order valence-corrected chi connectivity index (χ1v) is 5.25. The van der Waals surface area contributed by atoms with Gasteiger partial charge in [-0.3, -0.25) is 0 Å². The molecule has 0 aromatic carbocycles. The topological polar surface area (TPSA) is 33.6 Å². The molecule has 3 heteroatoms. The number of piperidine rings is 1. The van der Waals surface area contributed by atoms with E-state index in [0.29, 0.717) is 12.0 Å². The van der Waals surface area contributed by atoms with E-state index in [1.807, 2.05) is 0 Å². The van der Waals surface area contributed by atoms with Crippen molar-refractivity contribution in [3.8, 4) is 0 Å². The van der Waals surface area contributed by atoms with E-state index in [4.69, 9.17) is 4.84 Å². The van der Waals surface area contributed by atoms with Gasteiger partial charge in [-0.05, 0) is 12.8 Å². The maximum atomic E-state index is 4.89. The molecule has 74 valence electrons. The minimum Gasteiger partial charge on any atom is -0.399 e. The highest BCUT2D eigenvalue weighted by Crippen LogP contribution is 2.29. The number of nitrogens with zero attached hydrogens (tertiary/aromatic N) is 1. The second-order valence-corrected chi connectivity index (χ2v) is 3.97. The molecule has 2 rings (SSSR count). The molecule has 3 nitrogen and oxygen atoms in total. The summed E-state index contributed by atoms with van der Waals surface area (Å²) in [6.45, 7) is 1.07. The monoisotopic (exact) mass is 182 g/mol. The van der Waals surface area contributed by atoms with Crippen LogP contribution < -0.4 is 5.32 Å². The lowest BCUT2D eigenvalue weighted by atomic mass is 9.78. The van der Waals surface area contributed by atoms with Crippen LogP contribution in [0.1, 0.15) is 32.1 Å². The SMILES string of the molecule is CO/N=C1\CCNC2CCCCC12. The van der Waals surface area contributed by atoms with Gasteiger partial charge in [0.15, 0.2) is 0 Å². The van der Waals surface area contributed by atoms with Crippen LogP contribution >= 0.6 is 0 Å². The molecule has 1 heterocycles. The van der Waals surface area contributed by atoms with Gasteiger partial charge in [0.05, 0.1) is 5.71 Å². The Kier molecular flexibility index (Phi) is 2.83. The van der Waals surface area contributed by atoms with E-state index in [1.54, 1.807) is 7.11 Å². The Morgan fingerprint density at radius 3 is 3.08 bits per heavy atom. The molecule has 0 bridgehead atoms. The molecule has 0 spiro atoms.